The Labute approximate surface area is 95.9 Å². The van der Waals surface area contributed by atoms with E-state index >= 15 is 0 Å². The Bertz CT molecular complexity index is 324. The number of carbonyl (C=O) groups excluding carboxylic acids is 1. The number of ether oxygens (including phenoxy) is 1. The molecule has 0 heterocycles. The Morgan fingerprint density at radius 2 is 2.12 bits per heavy atom. The maximum atomic E-state index is 11.3. The monoisotopic (exact) mass is 250 g/mol. The van der Waals surface area contributed by atoms with Crippen LogP contribution in [0.3, 0.4) is 0 Å². The second-order valence-electron chi connectivity index (χ2n) is 2.93. The summed E-state index contributed by atoms with van der Waals surface area (Å²) in [4.78, 5) is 10.9. The Morgan fingerprint density at radius 1 is 1.44 bits per heavy atom. The van der Waals surface area contributed by atoms with E-state index in [0.29, 0.717) is 6.54 Å². The zero-order chi connectivity index (χ0) is 12.4. The third-order valence-corrected chi connectivity index (χ3v) is 2.95. The molecule has 7 heteroatoms. The topological polar surface area (TPSA) is 98.5 Å². The van der Waals surface area contributed by atoms with Crippen molar-refractivity contribution in [3.05, 3.63) is 12.2 Å². The zero-order valence-electron chi connectivity index (χ0n) is 9.31. The molecule has 0 aliphatic heterocycles. The van der Waals surface area contributed by atoms with E-state index in [1.54, 1.807) is 19.1 Å². The van der Waals surface area contributed by atoms with Gasteiger partial charge in [-0.15, -0.1) is 0 Å². The van der Waals surface area contributed by atoms with Crippen molar-refractivity contribution in [2.24, 2.45) is 5.73 Å². The molecule has 0 bridgehead atoms. The van der Waals surface area contributed by atoms with Crippen LogP contribution in [0.1, 0.15) is 13.3 Å². The van der Waals surface area contributed by atoms with Gasteiger partial charge >= 0.3 is 5.97 Å². The summed E-state index contributed by atoms with van der Waals surface area (Å²) in [5.74, 6) is -0.771. The molecular formula is C9H18N2O4S. The van der Waals surface area contributed by atoms with E-state index in [0.717, 1.165) is 0 Å². The highest BCUT2D eigenvalue weighted by Gasteiger charge is 2.12. The first-order chi connectivity index (χ1) is 7.52. The van der Waals surface area contributed by atoms with Crippen LogP contribution in [0.5, 0.6) is 0 Å². The predicted octanol–water partition coefficient (Wildman–Crippen LogP) is -0.626. The number of esters is 1. The zero-order valence-corrected chi connectivity index (χ0v) is 10.1. The number of carbonyl (C=O) groups is 1. The molecule has 0 aromatic heterocycles. The molecule has 0 fully saturated rings. The van der Waals surface area contributed by atoms with Crippen LogP contribution >= 0.6 is 0 Å². The first-order valence-electron chi connectivity index (χ1n) is 5.00. The number of rotatable bonds is 8. The van der Waals surface area contributed by atoms with E-state index in [2.05, 4.69) is 9.46 Å². The average Bonchev–Trinajstić information content (AvgIpc) is 2.22. The van der Waals surface area contributed by atoms with Crippen LogP contribution < -0.4 is 10.5 Å². The van der Waals surface area contributed by atoms with Gasteiger partial charge in [-0.25, -0.2) is 13.1 Å². The molecule has 0 aliphatic carbocycles. The minimum Gasteiger partial charge on any atom is -0.466 e. The van der Waals surface area contributed by atoms with Gasteiger partial charge in [-0.05, 0) is 6.92 Å². The molecule has 0 aliphatic rings. The van der Waals surface area contributed by atoms with Gasteiger partial charge in [-0.1, -0.05) is 12.2 Å². The molecular weight excluding hydrogens is 232 g/mol. The predicted molar refractivity (Wildman–Crippen MR) is 61.2 cm³/mol. The molecule has 0 radical (unpaired) electrons. The molecule has 16 heavy (non-hydrogen) atoms. The number of hydrogen-bond acceptors (Lipinski definition) is 5. The van der Waals surface area contributed by atoms with Crippen LogP contribution in [-0.2, 0) is 19.6 Å². The fourth-order valence-electron chi connectivity index (χ4n) is 0.878. The van der Waals surface area contributed by atoms with Crippen LogP contribution in [0.2, 0.25) is 0 Å². The number of nitrogens with one attached hydrogen (secondary N) is 1. The van der Waals surface area contributed by atoms with Crippen molar-refractivity contribution in [1.29, 1.82) is 0 Å². The molecule has 0 rings (SSSR count). The molecule has 3 N–H and O–H groups in total. The van der Waals surface area contributed by atoms with Crippen molar-refractivity contribution in [2.45, 2.75) is 13.3 Å². The molecule has 0 spiro atoms. The Balaban J connectivity index is 3.87. The first kappa shape index (κ1) is 15.1. The number of sulfonamides is 1. The van der Waals surface area contributed by atoms with E-state index in [4.69, 9.17) is 5.73 Å². The molecule has 94 valence electrons. The van der Waals surface area contributed by atoms with Gasteiger partial charge in [0.2, 0.25) is 10.0 Å². The van der Waals surface area contributed by atoms with E-state index in [-0.39, 0.29) is 25.3 Å². The molecule has 0 aromatic rings. The SMILES string of the molecule is CCOC(=O)CCS(=O)(=O)NC/C=C/CN. The number of hydrogen-bond donors (Lipinski definition) is 2. The maximum absolute atomic E-state index is 11.3. The fraction of sp³-hybridized carbons (Fsp3) is 0.667. The minimum absolute atomic E-state index is 0.135. The van der Waals surface area contributed by atoms with Gasteiger partial charge < -0.3 is 10.5 Å². The lowest BCUT2D eigenvalue weighted by Gasteiger charge is -2.04. The second-order valence-corrected chi connectivity index (χ2v) is 4.86. The van der Waals surface area contributed by atoms with E-state index in [1.165, 1.54) is 0 Å². The first-order valence-corrected chi connectivity index (χ1v) is 6.65. The van der Waals surface area contributed by atoms with Crippen LogP contribution in [-0.4, -0.2) is 39.8 Å². The van der Waals surface area contributed by atoms with E-state index in [9.17, 15) is 13.2 Å². The Hall–Kier alpha value is -0.920. The number of nitrogens with two attached hydrogens (primary N) is 1. The Morgan fingerprint density at radius 3 is 2.69 bits per heavy atom. The highest BCUT2D eigenvalue weighted by molar-refractivity contribution is 7.89. The van der Waals surface area contributed by atoms with Crippen molar-refractivity contribution in [1.82, 2.24) is 4.72 Å². The molecule has 0 unspecified atom stereocenters. The summed E-state index contributed by atoms with van der Waals surface area (Å²) in [6.45, 7) is 2.47. The van der Waals surface area contributed by atoms with Crippen LogP contribution in [0.4, 0.5) is 0 Å². The largest absolute Gasteiger partial charge is 0.466 e. The summed E-state index contributed by atoms with van der Waals surface area (Å²) >= 11 is 0. The molecule has 0 atom stereocenters. The normalized spacial score (nSPS) is 11.9. The third kappa shape index (κ3) is 8.39. The van der Waals surface area contributed by atoms with Gasteiger partial charge in [0.1, 0.15) is 0 Å². The van der Waals surface area contributed by atoms with Crippen molar-refractivity contribution in [3.63, 3.8) is 0 Å². The summed E-state index contributed by atoms with van der Waals surface area (Å²) in [6, 6.07) is 0. The highest BCUT2D eigenvalue weighted by atomic mass is 32.2. The average molecular weight is 250 g/mol. The van der Waals surface area contributed by atoms with Gasteiger partial charge in [-0.2, -0.15) is 0 Å². The van der Waals surface area contributed by atoms with Gasteiger partial charge in [0.05, 0.1) is 18.8 Å². The summed E-state index contributed by atoms with van der Waals surface area (Å²) in [5.41, 5.74) is 5.18. The standard InChI is InChI=1S/C9H18N2O4S/c1-2-15-9(12)5-8-16(13,14)11-7-4-3-6-10/h3-4,11H,2,5-8,10H2,1H3/b4-3+. The fourth-order valence-corrected chi connectivity index (χ4v) is 1.81. The van der Waals surface area contributed by atoms with Crippen LogP contribution in [0.25, 0.3) is 0 Å². The van der Waals surface area contributed by atoms with Gasteiger partial charge in [0.15, 0.2) is 0 Å². The molecule has 0 aromatic carbocycles. The van der Waals surface area contributed by atoms with Gasteiger partial charge in [0.25, 0.3) is 0 Å². The molecule has 0 saturated heterocycles. The summed E-state index contributed by atoms with van der Waals surface area (Å²) < 4.78 is 29.6. The molecule has 0 saturated carbocycles. The van der Waals surface area contributed by atoms with Crippen LogP contribution in [0, 0.1) is 0 Å². The summed E-state index contributed by atoms with van der Waals surface area (Å²) in [7, 11) is -3.42. The lowest BCUT2D eigenvalue weighted by atomic mass is 10.5. The Kier molecular flexibility index (Phi) is 7.78. The van der Waals surface area contributed by atoms with Crippen molar-refractivity contribution in [3.8, 4) is 0 Å². The quantitative estimate of drug-likeness (QED) is 0.441. The molecule has 0 amide bonds. The maximum Gasteiger partial charge on any atom is 0.306 e. The second kappa shape index (κ2) is 8.26. The van der Waals surface area contributed by atoms with Crippen LogP contribution in [0.15, 0.2) is 12.2 Å². The van der Waals surface area contributed by atoms with Gasteiger partial charge in [0, 0.05) is 13.1 Å². The third-order valence-electron chi connectivity index (χ3n) is 1.60. The minimum atomic E-state index is -3.42. The van der Waals surface area contributed by atoms with E-state index in [1.807, 2.05) is 0 Å². The summed E-state index contributed by atoms with van der Waals surface area (Å²) in [5, 5.41) is 0. The van der Waals surface area contributed by atoms with Crippen molar-refractivity contribution >= 4 is 16.0 Å². The van der Waals surface area contributed by atoms with E-state index < -0.39 is 16.0 Å². The lowest BCUT2D eigenvalue weighted by molar-refractivity contribution is -0.142. The smallest absolute Gasteiger partial charge is 0.306 e. The summed E-state index contributed by atoms with van der Waals surface area (Å²) in [6.07, 6.45) is 3.12. The van der Waals surface area contributed by atoms with Crippen molar-refractivity contribution < 1.29 is 17.9 Å². The highest BCUT2D eigenvalue weighted by Crippen LogP contribution is 1.92. The van der Waals surface area contributed by atoms with Crippen molar-refractivity contribution in [2.75, 3.05) is 25.4 Å². The lowest BCUT2D eigenvalue weighted by Crippen LogP contribution is -2.28. The van der Waals surface area contributed by atoms with Gasteiger partial charge in [-0.3, -0.25) is 4.79 Å². The molecule has 6 nitrogen and oxygen atoms in total.